The lowest BCUT2D eigenvalue weighted by Crippen LogP contribution is -2.21. The van der Waals surface area contributed by atoms with Crippen LogP contribution >= 0.6 is 0 Å². The molecule has 1 heterocycles. The number of carboxylic acid groups (broad SMARTS) is 2. The number of nitro groups is 2. The van der Waals surface area contributed by atoms with Crippen LogP contribution in [-0.2, 0) is 0 Å². The molecule has 2 aromatic carbocycles. The van der Waals surface area contributed by atoms with E-state index in [1.165, 1.54) is 12.1 Å². The third kappa shape index (κ3) is 8.78. The number of nitrogens with one attached hydrogen (secondary N) is 1. The Morgan fingerprint density at radius 1 is 0.774 bits per heavy atom. The molecule has 160 valence electrons. The minimum Gasteiger partial charge on any atom is -0.545 e. The van der Waals surface area contributed by atoms with Gasteiger partial charge in [0.1, 0.15) is 0 Å². The molecule has 12 nitrogen and oxygen atoms in total. The standard InChI is InChI=1S/2C7H5NO4.C5H6N2/c2*9-7(10)5-1-3-6(4-2-5)8(11)12;6-5-1-3-7-4-2-5/h2*1-4H,(H,9,10);1-4H,(H2,6,7). The quantitative estimate of drug-likeness (QED) is 0.453. The summed E-state index contributed by atoms with van der Waals surface area (Å²) in [6.45, 7) is 0. The maximum Gasteiger partial charge on any atom is 0.335 e. The number of non-ortho nitro benzene ring substituents is 2. The van der Waals surface area contributed by atoms with Crippen molar-refractivity contribution in [2.75, 3.05) is 5.73 Å². The van der Waals surface area contributed by atoms with Gasteiger partial charge in [-0.05, 0) is 29.8 Å². The molecule has 0 spiro atoms. The molecule has 0 radical (unpaired) electrons. The van der Waals surface area contributed by atoms with Gasteiger partial charge in [0.05, 0.1) is 21.4 Å². The summed E-state index contributed by atoms with van der Waals surface area (Å²) >= 11 is 0. The maximum absolute atomic E-state index is 10.3. The highest BCUT2D eigenvalue weighted by molar-refractivity contribution is 5.87. The number of nitrogens with two attached hydrogens (primary N) is 1. The number of rotatable bonds is 4. The van der Waals surface area contributed by atoms with E-state index < -0.39 is 21.8 Å². The molecule has 0 aliphatic rings. The third-order valence-corrected chi connectivity index (χ3v) is 3.38. The average Bonchev–Trinajstić information content (AvgIpc) is 2.75. The first-order valence-electron chi connectivity index (χ1n) is 8.27. The van der Waals surface area contributed by atoms with Crippen LogP contribution in [0.4, 0.5) is 17.1 Å². The summed E-state index contributed by atoms with van der Waals surface area (Å²) in [6.07, 6.45) is 3.57. The predicted molar refractivity (Wildman–Crippen MR) is 105 cm³/mol. The predicted octanol–water partition coefficient (Wildman–Crippen LogP) is 1.33. The van der Waals surface area contributed by atoms with Crippen molar-refractivity contribution in [1.82, 2.24) is 0 Å². The van der Waals surface area contributed by atoms with Gasteiger partial charge in [-0.1, -0.05) is 0 Å². The number of aromatic carboxylic acids is 2. The van der Waals surface area contributed by atoms with E-state index in [4.69, 9.17) is 10.8 Å². The molecule has 1 aromatic heterocycles. The molecular formula is C19H16N4O8. The van der Waals surface area contributed by atoms with Crippen molar-refractivity contribution in [3.8, 4) is 0 Å². The van der Waals surface area contributed by atoms with E-state index >= 15 is 0 Å². The first-order chi connectivity index (χ1) is 14.6. The zero-order valence-corrected chi connectivity index (χ0v) is 15.7. The molecule has 0 saturated heterocycles. The number of H-pyrrole nitrogens is 1. The van der Waals surface area contributed by atoms with Gasteiger partial charge >= 0.3 is 5.97 Å². The van der Waals surface area contributed by atoms with Crippen LogP contribution in [0.2, 0.25) is 0 Å². The van der Waals surface area contributed by atoms with Crippen molar-refractivity contribution in [2.24, 2.45) is 0 Å². The first kappa shape index (κ1) is 24.2. The number of benzene rings is 2. The molecule has 3 aromatic rings. The lowest BCUT2D eigenvalue weighted by molar-refractivity contribution is -0.385. The highest BCUT2D eigenvalue weighted by Gasteiger charge is 2.07. The summed E-state index contributed by atoms with van der Waals surface area (Å²) < 4.78 is 0. The zero-order valence-electron chi connectivity index (χ0n) is 15.7. The average molecular weight is 428 g/mol. The molecule has 0 bridgehead atoms. The number of hydrogen-bond donors (Lipinski definition) is 2. The van der Waals surface area contributed by atoms with E-state index in [1.807, 2.05) is 0 Å². The molecule has 0 amide bonds. The Bertz CT molecular complexity index is 905. The molecule has 0 unspecified atom stereocenters. The number of nitrogen functional groups attached to an aromatic ring is 1. The SMILES string of the molecule is Nc1cc[nH+]cc1.O=C(O)c1ccc([N+](=O)[O-])cc1.O=C([O-])c1ccc([N+](=O)[O-])cc1. The highest BCUT2D eigenvalue weighted by atomic mass is 16.6. The molecule has 0 fully saturated rings. The van der Waals surface area contributed by atoms with Crippen LogP contribution in [0, 0.1) is 20.2 Å². The second-order valence-corrected chi connectivity index (χ2v) is 5.53. The monoisotopic (exact) mass is 428 g/mol. The van der Waals surface area contributed by atoms with E-state index in [2.05, 4.69) is 4.98 Å². The number of carboxylic acids is 2. The van der Waals surface area contributed by atoms with Crippen molar-refractivity contribution >= 4 is 29.0 Å². The van der Waals surface area contributed by atoms with Gasteiger partial charge in [0.2, 0.25) is 0 Å². The lowest BCUT2D eigenvalue weighted by Gasteiger charge is -1.99. The Kier molecular flexibility index (Phi) is 9.24. The summed E-state index contributed by atoms with van der Waals surface area (Å²) in [5.41, 5.74) is 5.85. The smallest absolute Gasteiger partial charge is 0.335 e. The van der Waals surface area contributed by atoms with E-state index in [1.54, 1.807) is 24.5 Å². The van der Waals surface area contributed by atoms with Gasteiger partial charge in [-0.15, -0.1) is 0 Å². The number of nitro benzene ring substituents is 2. The van der Waals surface area contributed by atoms with Gasteiger partial charge in [0.15, 0.2) is 12.4 Å². The fourth-order valence-corrected chi connectivity index (χ4v) is 1.84. The number of carbonyl (C=O) groups is 2. The topological polar surface area (TPSA) is 204 Å². The van der Waals surface area contributed by atoms with Gasteiger partial charge in [-0.2, -0.15) is 0 Å². The van der Waals surface area contributed by atoms with Gasteiger partial charge in [0.25, 0.3) is 11.4 Å². The van der Waals surface area contributed by atoms with E-state index in [0.29, 0.717) is 0 Å². The molecule has 31 heavy (non-hydrogen) atoms. The number of pyridine rings is 1. The summed E-state index contributed by atoms with van der Waals surface area (Å²) in [7, 11) is 0. The number of carbonyl (C=O) groups excluding carboxylic acids is 1. The van der Waals surface area contributed by atoms with Crippen LogP contribution < -0.4 is 15.8 Å². The number of aromatic amines is 1. The molecule has 0 aliphatic carbocycles. The molecule has 0 atom stereocenters. The van der Waals surface area contributed by atoms with Crippen molar-refractivity contribution in [2.45, 2.75) is 0 Å². The Hall–Kier alpha value is -4.87. The lowest BCUT2D eigenvalue weighted by atomic mass is 10.2. The van der Waals surface area contributed by atoms with Crippen LogP contribution in [0.25, 0.3) is 0 Å². The van der Waals surface area contributed by atoms with Crippen LogP contribution in [0.1, 0.15) is 20.7 Å². The van der Waals surface area contributed by atoms with Crippen LogP contribution in [0.15, 0.2) is 73.1 Å². The van der Waals surface area contributed by atoms with Crippen molar-refractivity contribution < 1.29 is 34.6 Å². The normalized spacial score (nSPS) is 9.16. The third-order valence-electron chi connectivity index (χ3n) is 3.38. The molecule has 12 heteroatoms. The van der Waals surface area contributed by atoms with E-state index in [9.17, 15) is 34.9 Å². The molecule has 3 rings (SSSR count). The van der Waals surface area contributed by atoms with Gasteiger partial charge < -0.3 is 20.7 Å². The largest absolute Gasteiger partial charge is 0.545 e. The molecule has 0 aliphatic heterocycles. The van der Waals surface area contributed by atoms with Crippen molar-refractivity contribution in [1.29, 1.82) is 0 Å². The molecule has 0 saturated carbocycles. The van der Waals surface area contributed by atoms with Crippen LogP contribution in [-0.4, -0.2) is 26.9 Å². The Morgan fingerprint density at radius 3 is 1.42 bits per heavy atom. The van der Waals surface area contributed by atoms with Crippen LogP contribution in [0.3, 0.4) is 0 Å². The maximum atomic E-state index is 10.3. The van der Waals surface area contributed by atoms with E-state index in [-0.39, 0.29) is 22.5 Å². The summed E-state index contributed by atoms with van der Waals surface area (Å²) in [4.78, 5) is 42.5. The van der Waals surface area contributed by atoms with Crippen LogP contribution in [0.5, 0.6) is 0 Å². The zero-order chi connectivity index (χ0) is 23.4. The van der Waals surface area contributed by atoms with Gasteiger partial charge in [0, 0.05) is 42.1 Å². The number of aromatic nitrogens is 1. The number of anilines is 1. The number of hydrogen-bond acceptors (Lipinski definition) is 8. The first-order valence-corrected chi connectivity index (χ1v) is 8.27. The minimum atomic E-state index is -1.34. The fourth-order valence-electron chi connectivity index (χ4n) is 1.84. The van der Waals surface area contributed by atoms with Crippen molar-refractivity contribution in [3.63, 3.8) is 0 Å². The second-order valence-electron chi connectivity index (χ2n) is 5.53. The second kappa shape index (κ2) is 11.9. The Balaban J connectivity index is 0.000000241. The van der Waals surface area contributed by atoms with Gasteiger partial charge in [-0.25, -0.2) is 9.78 Å². The van der Waals surface area contributed by atoms with Gasteiger partial charge in [-0.3, -0.25) is 20.2 Å². The highest BCUT2D eigenvalue weighted by Crippen LogP contribution is 2.12. The summed E-state index contributed by atoms with van der Waals surface area (Å²) in [5, 5.41) is 38.9. The summed E-state index contributed by atoms with van der Waals surface area (Å²) in [5.74, 6) is -2.44. The summed E-state index contributed by atoms with van der Waals surface area (Å²) in [6, 6.07) is 12.8. The van der Waals surface area contributed by atoms with E-state index in [0.717, 1.165) is 42.1 Å². The number of nitrogens with zero attached hydrogens (tertiary/aromatic N) is 2. The molecule has 4 N–H and O–H groups in total. The minimum absolute atomic E-state index is 0.0422. The Morgan fingerprint density at radius 2 is 1.16 bits per heavy atom. The Labute approximate surface area is 174 Å². The molecular weight excluding hydrogens is 412 g/mol. The fraction of sp³-hybridized carbons (Fsp3) is 0. The van der Waals surface area contributed by atoms with Crippen molar-refractivity contribution in [3.05, 3.63) is 104 Å².